The molecule has 0 N–H and O–H groups in total. The van der Waals surface area contributed by atoms with Gasteiger partial charge in [0.1, 0.15) is 17.7 Å². The van der Waals surface area contributed by atoms with E-state index in [9.17, 15) is 9.59 Å². The van der Waals surface area contributed by atoms with Gasteiger partial charge in [-0.3, -0.25) is 9.59 Å². The zero-order valence-electron chi connectivity index (χ0n) is 20.2. The first kappa shape index (κ1) is 23.6. The minimum atomic E-state index is -0.121. The molecule has 35 heavy (non-hydrogen) atoms. The van der Waals surface area contributed by atoms with Gasteiger partial charge in [0.25, 0.3) is 5.91 Å². The van der Waals surface area contributed by atoms with Crippen LogP contribution in [0.5, 0.6) is 5.75 Å². The molecule has 3 fully saturated rings. The number of amides is 2. The lowest BCUT2D eigenvalue weighted by molar-refractivity contribution is -0.137. The number of anilines is 1. The van der Waals surface area contributed by atoms with E-state index < -0.39 is 0 Å². The fraction of sp³-hybridized carbons (Fsp3) is 0.519. The highest BCUT2D eigenvalue weighted by atomic mass is 16.5. The Bertz CT molecular complexity index is 1010. The van der Waals surface area contributed by atoms with Crippen LogP contribution in [0.1, 0.15) is 36.0 Å². The van der Waals surface area contributed by atoms with E-state index in [1.165, 1.54) is 0 Å². The number of likely N-dealkylation sites (tertiary alicyclic amines) is 1. The summed E-state index contributed by atoms with van der Waals surface area (Å²) < 4.78 is 11.7. The largest absolute Gasteiger partial charge is 0.490 e. The van der Waals surface area contributed by atoms with Crippen molar-refractivity contribution >= 4 is 17.6 Å². The first-order valence-corrected chi connectivity index (χ1v) is 12.7. The monoisotopic (exact) mass is 478 g/mol. The van der Waals surface area contributed by atoms with Crippen LogP contribution in [0.3, 0.4) is 0 Å². The molecule has 2 amide bonds. The molecule has 8 heteroatoms. The van der Waals surface area contributed by atoms with Crippen molar-refractivity contribution in [2.75, 3.05) is 57.4 Å². The molecular formula is C27H34N4O4. The summed E-state index contributed by atoms with van der Waals surface area (Å²) in [7, 11) is 0. The lowest BCUT2D eigenvalue weighted by Crippen LogP contribution is -2.50. The fourth-order valence-corrected chi connectivity index (χ4v) is 5.24. The third-order valence-corrected chi connectivity index (χ3v) is 7.21. The summed E-state index contributed by atoms with van der Waals surface area (Å²) in [6.45, 7) is 5.45. The van der Waals surface area contributed by atoms with Crippen molar-refractivity contribution in [3.8, 4) is 5.75 Å². The summed E-state index contributed by atoms with van der Waals surface area (Å²) in [5.74, 6) is 1.69. The minimum Gasteiger partial charge on any atom is -0.490 e. The Morgan fingerprint density at radius 3 is 2.51 bits per heavy atom. The summed E-state index contributed by atoms with van der Waals surface area (Å²) in [5.41, 5.74) is 0.655. The molecule has 3 saturated heterocycles. The van der Waals surface area contributed by atoms with Crippen molar-refractivity contribution in [1.82, 2.24) is 14.8 Å². The molecule has 3 aliphatic rings. The van der Waals surface area contributed by atoms with Crippen LogP contribution in [-0.2, 0) is 9.53 Å². The van der Waals surface area contributed by atoms with Gasteiger partial charge < -0.3 is 24.2 Å². The van der Waals surface area contributed by atoms with Crippen LogP contribution >= 0.6 is 0 Å². The third-order valence-electron chi connectivity index (χ3n) is 7.21. The van der Waals surface area contributed by atoms with Crippen molar-refractivity contribution in [2.45, 2.75) is 31.8 Å². The standard InChI is InChI=1S/C27H34N4O4/c32-26(30-14-16-34-17-15-30)19-22-20-31(13-9-24(22)35-23-6-2-1-3-7-23)27(33)21-8-10-28-25(18-21)29-11-4-5-12-29/h1-3,6-8,10,18,22,24H,4-5,9,11-17,19-20H2/t22-,24-/m0/s1. The molecule has 1 aromatic carbocycles. The summed E-state index contributed by atoms with van der Waals surface area (Å²) in [5, 5.41) is 0. The number of nitrogens with zero attached hydrogens (tertiary/aromatic N) is 4. The SMILES string of the molecule is O=C(C[C@H]1CN(C(=O)c2ccnc(N3CCCC3)c2)CC[C@@H]1Oc1ccccc1)N1CCOCC1. The van der Waals surface area contributed by atoms with E-state index in [1.54, 1.807) is 12.3 Å². The highest BCUT2D eigenvalue weighted by Crippen LogP contribution is 2.28. The number of benzene rings is 1. The number of piperidine rings is 1. The van der Waals surface area contributed by atoms with Crippen molar-refractivity contribution in [3.05, 3.63) is 54.2 Å². The maximum Gasteiger partial charge on any atom is 0.254 e. The number of hydrogen-bond acceptors (Lipinski definition) is 6. The smallest absolute Gasteiger partial charge is 0.254 e. The zero-order valence-corrected chi connectivity index (χ0v) is 20.2. The van der Waals surface area contributed by atoms with Crippen LogP contribution in [0, 0.1) is 5.92 Å². The molecule has 0 bridgehead atoms. The van der Waals surface area contributed by atoms with E-state index in [0.29, 0.717) is 57.8 Å². The molecule has 1 aromatic heterocycles. The summed E-state index contributed by atoms with van der Waals surface area (Å²) in [4.78, 5) is 37.1. The molecule has 0 unspecified atom stereocenters. The first-order valence-electron chi connectivity index (χ1n) is 12.7. The summed E-state index contributed by atoms with van der Waals surface area (Å²) >= 11 is 0. The van der Waals surface area contributed by atoms with Gasteiger partial charge in [0.05, 0.1) is 13.2 Å². The van der Waals surface area contributed by atoms with Crippen LogP contribution in [0.25, 0.3) is 0 Å². The van der Waals surface area contributed by atoms with Crippen LogP contribution in [-0.4, -0.2) is 85.2 Å². The normalized spacial score (nSPS) is 22.8. The van der Waals surface area contributed by atoms with E-state index >= 15 is 0 Å². The number of morpholine rings is 1. The third kappa shape index (κ3) is 5.75. The molecule has 3 aliphatic heterocycles. The predicted molar refractivity (Wildman–Crippen MR) is 133 cm³/mol. The van der Waals surface area contributed by atoms with E-state index in [2.05, 4.69) is 9.88 Å². The second-order valence-electron chi connectivity index (χ2n) is 9.56. The van der Waals surface area contributed by atoms with Gasteiger partial charge in [0.2, 0.25) is 5.91 Å². The van der Waals surface area contributed by atoms with Crippen LogP contribution in [0.2, 0.25) is 0 Å². The molecule has 0 aliphatic carbocycles. The number of carbonyl (C=O) groups excluding carboxylic acids is 2. The van der Waals surface area contributed by atoms with Gasteiger partial charge in [-0.2, -0.15) is 0 Å². The van der Waals surface area contributed by atoms with E-state index in [0.717, 1.165) is 37.5 Å². The molecule has 0 spiro atoms. The number of hydrogen-bond donors (Lipinski definition) is 0. The maximum atomic E-state index is 13.5. The number of carbonyl (C=O) groups is 2. The fourth-order valence-electron chi connectivity index (χ4n) is 5.24. The highest BCUT2D eigenvalue weighted by Gasteiger charge is 2.36. The molecular weight excluding hydrogens is 444 g/mol. The van der Waals surface area contributed by atoms with Gasteiger partial charge in [0.15, 0.2) is 0 Å². The van der Waals surface area contributed by atoms with Crippen molar-refractivity contribution in [2.24, 2.45) is 5.92 Å². The number of pyridine rings is 1. The van der Waals surface area contributed by atoms with Crippen molar-refractivity contribution in [3.63, 3.8) is 0 Å². The molecule has 2 atom stereocenters. The zero-order chi connectivity index (χ0) is 24.0. The number of aromatic nitrogens is 1. The Balaban J connectivity index is 1.30. The number of ether oxygens (including phenoxy) is 2. The van der Waals surface area contributed by atoms with E-state index in [1.807, 2.05) is 46.2 Å². The highest BCUT2D eigenvalue weighted by molar-refractivity contribution is 5.95. The van der Waals surface area contributed by atoms with Gasteiger partial charge in [-0.15, -0.1) is 0 Å². The molecule has 5 rings (SSSR count). The molecule has 8 nitrogen and oxygen atoms in total. The van der Waals surface area contributed by atoms with E-state index in [4.69, 9.17) is 9.47 Å². The Morgan fingerprint density at radius 2 is 1.74 bits per heavy atom. The maximum absolute atomic E-state index is 13.5. The Hall–Kier alpha value is -3.13. The minimum absolute atomic E-state index is 0.00479. The topological polar surface area (TPSA) is 75.2 Å². The Labute approximate surface area is 206 Å². The Morgan fingerprint density at radius 1 is 0.971 bits per heavy atom. The van der Waals surface area contributed by atoms with Crippen molar-refractivity contribution < 1.29 is 19.1 Å². The van der Waals surface area contributed by atoms with Crippen LogP contribution < -0.4 is 9.64 Å². The summed E-state index contributed by atoms with van der Waals surface area (Å²) in [6, 6.07) is 13.4. The number of rotatable bonds is 6. The van der Waals surface area contributed by atoms with Crippen molar-refractivity contribution in [1.29, 1.82) is 0 Å². The summed E-state index contributed by atoms with van der Waals surface area (Å²) in [6.07, 6.45) is 4.97. The Kier molecular flexibility index (Phi) is 7.47. The first-order chi connectivity index (χ1) is 17.2. The van der Waals surface area contributed by atoms with Crippen LogP contribution in [0.4, 0.5) is 5.82 Å². The molecule has 2 aromatic rings. The second-order valence-corrected chi connectivity index (χ2v) is 9.56. The second kappa shape index (κ2) is 11.1. The van der Waals surface area contributed by atoms with E-state index in [-0.39, 0.29) is 23.8 Å². The van der Waals surface area contributed by atoms with Gasteiger partial charge in [0, 0.05) is 69.8 Å². The lowest BCUT2D eigenvalue weighted by atomic mass is 9.90. The van der Waals surface area contributed by atoms with Gasteiger partial charge >= 0.3 is 0 Å². The average Bonchev–Trinajstić information content (AvgIpc) is 3.46. The molecule has 0 saturated carbocycles. The van der Waals surface area contributed by atoms with Crippen LogP contribution in [0.15, 0.2) is 48.7 Å². The van der Waals surface area contributed by atoms with Gasteiger partial charge in [-0.05, 0) is 37.1 Å². The van der Waals surface area contributed by atoms with Gasteiger partial charge in [-0.1, -0.05) is 18.2 Å². The van der Waals surface area contributed by atoms with Gasteiger partial charge in [-0.25, -0.2) is 4.98 Å². The lowest BCUT2D eigenvalue weighted by Gasteiger charge is -2.39. The molecule has 186 valence electrons. The quantitative estimate of drug-likeness (QED) is 0.636. The average molecular weight is 479 g/mol. The number of para-hydroxylation sites is 1. The predicted octanol–water partition coefficient (Wildman–Crippen LogP) is 2.84. The molecule has 4 heterocycles. The molecule has 0 radical (unpaired) electrons.